The van der Waals surface area contributed by atoms with Crippen LogP contribution >= 0.6 is 0 Å². The summed E-state index contributed by atoms with van der Waals surface area (Å²) in [6.07, 6.45) is 0. The van der Waals surface area contributed by atoms with E-state index >= 15 is 0 Å². The minimum atomic E-state index is 1.14. The average molecular weight is 863 g/mol. The first-order valence-corrected chi connectivity index (χ1v) is 23.5. The molecule has 0 spiro atoms. The van der Waals surface area contributed by atoms with Crippen molar-refractivity contribution in [2.75, 3.05) is 0 Å². The SMILES string of the molecule is c1ccc(-n2c3ccccc3c3ccc(-c4ccc5c(c4)c4c(-n6c7ccccc7c7cc8cc9c(cc8cc76)c6cccc7c8ccccc8n9c76)cccc4n5-c4ccccc4)cc32)cc1. The van der Waals surface area contributed by atoms with Gasteiger partial charge >= 0.3 is 0 Å². The van der Waals surface area contributed by atoms with Gasteiger partial charge in [-0.25, -0.2) is 0 Å². The number of fused-ring (bicyclic) bond motifs is 16. The molecule has 0 radical (unpaired) electrons. The average Bonchev–Trinajstić information content (AvgIpc) is 4.19. The van der Waals surface area contributed by atoms with Gasteiger partial charge in [0.2, 0.25) is 0 Å². The molecule has 314 valence electrons. The molecule has 4 heteroatoms. The number of hydrogen-bond acceptors (Lipinski definition) is 0. The van der Waals surface area contributed by atoms with E-state index in [4.69, 9.17) is 0 Å². The second kappa shape index (κ2) is 13.3. The Balaban J connectivity index is 0.973. The van der Waals surface area contributed by atoms with Gasteiger partial charge < -0.3 is 18.1 Å². The Morgan fingerprint density at radius 2 is 0.706 bits per heavy atom. The number of rotatable bonds is 4. The molecule has 0 aliphatic rings. The molecule has 0 aliphatic carbocycles. The predicted octanol–water partition coefficient (Wildman–Crippen LogP) is 16.9. The van der Waals surface area contributed by atoms with Crippen LogP contribution in [0.15, 0.2) is 231 Å². The molecule has 11 aromatic carbocycles. The lowest BCUT2D eigenvalue weighted by atomic mass is 10.0. The van der Waals surface area contributed by atoms with Gasteiger partial charge in [0.25, 0.3) is 0 Å². The second-order valence-corrected chi connectivity index (χ2v) is 18.5. The first kappa shape index (κ1) is 36.1. The predicted molar refractivity (Wildman–Crippen MR) is 287 cm³/mol. The summed E-state index contributed by atoms with van der Waals surface area (Å²) in [5.74, 6) is 0. The van der Waals surface area contributed by atoms with Gasteiger partial charge in [-0.1, -0.05) is 133 Å². The second-order valence-electron chi connectivity index (χ2n) is 18.5. The van der Waals surface area contributed by atoms with Crippen molar-refractivity contribution in [1.29, 1.82) is 0 Å². The standard InChI is InChI=1S/C64H38N4/c1-3-15-43(16-4-1)65-57-32-30-39(40-29-31-48-45-19-7-10-24-54(45)66(60(48)36-40)44-17-5-2-6-18-44)33-53(57)63-58(65)27-14-28-59(63)67-55-25-11-9-21-47(55)51-34-41-38-62-52(35-42(41)37-61(51)67)50-23-13-22-49-46-20-8-12-26-56(46)68(62)64(49)50/h1-38H. The Bertz CT molecular complexity index is 4770. The van der Waals surface area contributed by atoms with Gasteiger partial charge in [0, 0.05) is 65.2 Å². The Hall–Kier alpha value is -9.12. The third-order valence-corrected chi connectivity index (χ3v) is 15.0. The van der Waals surface area contributed by atoms with Crippen molar-refractivity contribution >= 4 is 114 Å². The van der Waals surface area contributed by atoms with Crippen LogP contribution in [0, 0.1) is 0 Å². The third kappa shape index (κ3) is 4.73. The topological polar surface area (TPSA) is 19.2 Å². The Labute approximate surface area is 389 Å². The van der Waals surface area contributed by atoms with E-state index in [9.17, 15) is 0 Å². The maximum atomic E-state index is 2.53. The van der Waals surface area contributed by atoms with E-state index in [2.05, 4.69) is 249 Å². The summed E-state index contributed by atoms with van der Waals surface area (Å²) in [5.41, 5.74) is 16.8. The Morgan fingerprint density at radius 3 is 1.44 bits per heavy atom. The highest BCUT2D eigenvalue weighted by Gasteiger charge is 2.23. The molecule has 0 N–H and O–H groups in total. The van der Waals surface area contributed by atoms with Crippen molar-refractivity contribution in [1.82, 2.24) is 18.1 Å². The molecule has 0 aliphatic heterocycles. The highest BCUT2D eigenvalue weighted by molar-refractivity contribution is 6.26. The maximum absolute atomic E-state index is 2.53. The fourth-order valence-electron chi connectivity index (χ4n) is 12.2. The molecule has 0 fully saturated rings. The molecule has 5 heterocycles. The highest BCUT2D eigenvalue weighted by Crippen LogP contribution is 2.45. The van der Waals surface area contributed by atoms with E-state index < -0.39 is 0 Å². The smallest absolute Gasteiger partial charge is 0.0620 e. The fraction of sp³-hybridized carbons (Fsp3) is 0. The lowest BCUT2D eigenvalue weighted by Crippen LogP contribution is -1.96. The first-order valence-electron chi connectivity index (χ1n) is 23.5. The van der Waals surface area contributed by atoms with E-state index in [-0.39, 0.29) is 0 Å². The molecule has 0 unspecified atom stereocenters. The van der Waals surface area contributed by atoms with Crippen LogP contribution < -0.4 is 0 Å². The lowest BCUT2D eigenvalue weighted by Gasteiger charge is -2.12. The molecular formula is C64H38N4. The fourth-order valence-corrected chi connectivity index (χ4v) is 12.2. The summed E-state index contributed by atoms with van der Waals surface area (Å²) in [7, 11) is 0. The van der Waals surface area contributed by atoms with Gasteiger partial charge in [-0.2, -0.15) is 0 Å². The number of nitrogens with zero attached hydrogens (tertiary/aromatic N) is 4. The van der Waals surface area contributed by atoms with Gasteiger partial charge in [0.15, 0.2) is 0 Å². The van der Waals surface area contributed by atoms with Crippen LogP contribution in [0.4, 0.5) is 0 Å². The van der Waals surface area contributed by atoms with Gasteiger partial charge in [-0.15, -0.1) is 0 Å². The Kier molecular flexibility index (Phi) is 7.04. The summed E-state index contributed by atoms with van der Waals surface area (Å²) < 4.78 is 9.87. The summed E-state index contributed by atoms with van der Waals surface area (Å²) in [4.78, 5) is 0. The minimum absolute atomic E-state index is 1.14. The van der Waals surface area contributed by atoms with Crippen molar-refractivity contribution in [3.63, 3.8) is 0 Å². The number of hydrogen-bond donors (Lipinski definition) is 0. The van der Waals surface area contributed by atoms with Crippen LogP contribution in [0.3, 0.4) is 0 Å². The molecule has 0 amide bonds. The van der Waals surface area contributed by atoms with Crippen molar-refractivity contribution in [2.45, 2.75) is 0 Å². The largest absolute Gasteiger partial charge is 0.309 e. The molecule has 5 aromatic heterocycles. The van der Waals surface area contributed by atoms with E-state index in [1.807, 2.05) is 0 Å². The molecule has 0 saturated carbocycles. The molecule has 68 heavy (non-hydrogen) atoms. The van der Waals surface area contributed by atoms with Crippen LogP contribution in [0.25, 0.3) is 142 Å². The van der Waals surface area contributed by atoms with Crippen molar-refractivity contribution in [3.05, 3.63) is 231 Å². The van der Waals surface area contributed by atoms with Crippen LogP contribution in [-0.4, -0.2) is 18.1 Å². The summed E-state index contributed by atoms with van der Waals surface area (Å²) >= 11 is 0. The van der Waals surface area contributed by atoms with Crippen LogP contribution in [0.2, 0.25) is 0 Å². The number of aromatic nitrogens is 4. The number of benzene rings is 11. The zero-order valence-electron chi connectivity index (χ0n) is 36.7. The summed E-state index contributed by atoms with van der Waals surface area (Å²) in [6, 6.07) is 85.6. The minimum Gasteiger partial charge on any atom is -0.309 e. The van der Waals surface area contributed by atoms with E-state index in [0.29, 0.717) is 0 Å². The van der Waals surface area contributed by atoms with Gasteiger partial charge in [-0.05, 0) is 119 Å². The zero-order chi connectivity index (χ0) is 44.2. The van der Waals surface area contributed by atoms with Gasteiger partial charge in [-0.3, -0.25) is 0 Å². The molecule has 16 aromatic rings. The quantitative estimate of drug-likeness (QED) is 0.168. The molecule has 0 saturated heterocycles. The monoisotopic (exact) mass is 862 g/mol. The van der Waals surface area contributed by atoms with Crippen molar-refractivity contribution in [3.8, 4) is 28.2 Å². The lowest BCUT2D eigenvalue weighted by molar-refractivity contribution is 1.17. The van der Waals surface area contributed by atoms with Crippen molar-refractivity contribution < 1.29 is 0 Å². The van der Waals surface area contributed by atoms with Crippen LogP contribution in [0.5, 0.6) is 0 Å². The van der Waals surface area contributed by atoms with E-state index in [0.717, 1.165) is 17.1 Å². The molecule has 0 bridgehead atoms. The summed E-state index contributed by atoms with van der Waals surface area (Å²) in [5, 5.41) is 15.1. The normalized spacial score (nSPS) is 12.4. The zero-order valence-corrected chi connectivity index (χ0v) is 36.7. The molecule has 0 atom stereocenters. The molecule has 16 rings (SSSR count). The molecular weight excluding hydrogens is 825 g/mol. The first-order chi connectivity index (χ1) is 33.7. The van der Waals surface area contributed by atoms with E-state index in [1.165, 1.54) is 125 Å². The highest BCUT2D eigenvalue weighted by atomic mass is 15.0. The van der Waals surface area contributed by atoms with Crippen LogP contribution in [-0.2, 0) is 0 Å². The summed E-state index contributed by atoms with van der Waals surface area (Å²) in [6.45, 7) is 0. The van der Waals surface area contributed by atoms with Gasteiger partial charge in [0.05, 0.1) is 55.3 Å². The van der Waals surface area contributed by atoms with Crippen molar-refractivity contribution in [2.24, 2.45) is 0 Å². The maximum Gasteiger partial charge on any atom is 0.0620 e. The Morgan fingerprint density at radius 1 is 0.235 bits per heavy atom. The molecule has 4 nitrogen and oxygen atoms in total. The number of para-hydroxylation sites is 6. The van der Waals surface area contributed by atoms with Gasteiger partial charge in [0.1, 0.15) is 0 Å². The van der Waals surface area contributed by atoms with E-state index in [1.54, 1.807) is 0 Å². The van der Waals surface area contributed by atoms with Crippen LogP contribution in [0.1, 0.15) is 0 Å². The third-order valence-electron chi connectivity index (χ3n) is 15.0.